The number of carbonyl (C=O) groups is 2. The van der Waals surface area contributed by atoms with E-state index in [2.05, 4.69) is 20.3 Å². The Morgan fingerprint density at radius 2 is 1.93 bits per heavy atom. The molecule has 0 unspecified atom stereocenters. The first-order valence-electron chi connectivity index (χ1n) is 8.66. The Labute approximate surface area is 171 Å². The number of nitrogens with zero attached hydrogens (tertiary/aromatic N) is 2. The summed E-state index contributed by atoms with van der Waals surface area (Å²) in [5.41, 5.74) is 2.07. The monoisotopic (exact) mass is 413 g/mol. The molecule has 9 heteroatoms. The van der Waals surface area contributed by atoms with Crippen molar-refractivity contribution in [3.63, 3.8) is 0 Å². The van der Waals surface area contributed by atoms with E-state index < -0.39 is 5.97 Å². The molecule has 0 radical (unpaired) electrons. The van der Waals surface area contributed by atoms with Crippen molar-refractivity contribution in [3.05, 3.63) is 65.5 Å². The van der Waals surface area contributed by atoms with Gasteiger partial charge in [-0.05, 0) is 48.9 Å². The van der Waals surface area contributed by atoms with Crippen molar-refractivity contribution in [2.75, 3.05) is 18.2 Å². The van der Waals surface area contributed by atoms with Crippen molar-refractivity contribution in [2.24, 2.45) is 0 Å². The summed E-state index contributed by atoms with van der Waals surface area (Å²) in [6.45, 7) is 2.13. The Kier molecular flexibility index (Phi) is 6.85. The van der Waals surface area contributed by atoms with Crippen molar-refractivity contribution in [3.8, 4) is 5.75 Å². The van der Waals surface area contributed by atoms with Crippen LogP contribution in [-0.4, -0.2) is 34.9 Å². The van der Waals surface area contributed by atoms with Gasteiger partial charge in [0, 0.05) is 5.69 Å². The van der Waals surface area contributed by atoms with E-state index in [1.165, 1.54) is 7.11 Å². The molecule has 0 aliphatic rings. The van der Waals surface area contributed by atoms with Crippen LogP contribution in [0.3, 0.4) is 0 Å². The summed E-state index contributed by atoms with van der Waals surface area (Å²) in [6.07, 6.45) is 0. The van der Waals surface area contributed by atoms with Gasteiger partial charge in [0.1, 0.15) is 5.75 Å². The third-order valence-electron chi connectivity index (χ3n) is 3.72. The molecule has 1 N–H and O–H groups in total. The summed E-state index contributed by atoms with van der Waals surface area (Å²) in [5.74, 6) is 0.468. The van der Waals surface area contributed by atoms with Gasteiger partial charge in [-0.2, -0.15) is 0 Å². The van der Waals surface area contributed by atoms with Gasteiger partial charge in [-0.1, -0.05) is 23.9 Å². The number of ether oxygens (including phenoxy) is 2. The van der Waals surface area contributed by atoms with Gasteiger partial charge in [0.2, 0.25) is 5.91 Å². The number of carbonyl (C=O) groups excluding carboxylic acids is 2. The molecule has 0 aliphatic carbocycles. The van der Waals surface area contributed by atoms with Crippen LogP contribution in [-0.2, 0) is 16.1 Å². The van der Waals surface area contributed by atoms with Gasteiger partial charge >= 0.3 is 5.97 Å². The number of methoxy groups -OCH3 is 1. The number of nitrogens with one attached hydrogen (secondary N) is 1. The first kappa shape index (κ1) is 20.4. The lowest BCUT2D eigenvalue weighted by Crippen LogP contribution is -2.14. The van der Waals surface area contributed by atoms with Gasteiger partial charge in [-0.3, -0.25) is 4.79 Å². The third-order valence-corrected chi connectivity index (χ3v) is 4.54. The van der Waals surface area contributed by atoms with E-state index in [1.807, 2.05) is 31.2 Å². The van der Waals surface area contributed by atoms with E-state index in [1.54, 1.807) is 24.3 Å². The standard InChI is InChI=1S/C20H19N3O5S/c1-13-4-3-5-16(10-13)27-11-18-22-23-20(28-18)29-12-17(24)21-15-8-6-14(7-9-15)19(25)26-2/h3-10H,11-12H2,1-2H3,(H,21,24). The molecule has 0 saturated carbocycles. The molecular weight excluding hydrogens is 394 g/mol. The Bertz CT molecular complexity index is 988. The van der Waals surface area contributed by atoms with Crippen molar-refractivity contribution in [2.45, 2.75) is 18.8 Å². The molecule has 0 spiro atoms. The van der Waals surface area contributed by atoms with Crippen LogP contribution in [0, 0.1) is 6.92 Å². The van der Waals surface area contributed by atoms with Crippen LogP contribution in [0.2, 0.25) is 0 Å². The topological polar surface area (TPSA) is 104 Å². The molecule has 0 saturated heterocycles. The van der Waals surface area contributed by atoms with Crippen LogP contribution < -0.4 is 10.1 Å². The molecule has 1 heterocycles. The maximum Gasteiger partial charge on any atom is 0.337 e. The average molecular weight is 413 g/mol. The molecule has 3 aromatic rings. The second-order valence-electron chi connectivity index (χ2n) is 5.97. The van der Waals surface area contributed by atoms with E-state index >= 15 is 0 Å². The summed E-state index contributed by atoms with van der Waals surface area (Å²) < 4.78 is 15.7. The lowest BCUT2D eigenvalue weighted by atomic mass is 10.2. The minimum atomic E-state index is -0.433. The number of aromatic nitrogens is 2. The number of esters is 1. The second kappa shape index (κ2) is 9.74. The van der Waals surface area contributed by atoms with Gasteiger partial charge in [0.15, 0.2) is 6.61 Å². The zero-order chi connectivity index (χ0) is 20.6. The number of thioether (sulfide) groups is 1. The predicted octanol–water partition coefficient (Wildman–Crippen LogP) is 3.47. The number of amides is 1. The van der Waals surface area contributed by atoms with Crippen LogP contribution in [0.15, 0.2) is 58.2 Å². The maximum absolute atomic E-state index is 12.1. The molecule has 29 heavy (non-hydrogen) atoms. The molecule has 8 nitrogen and oxygen atoms in total. The predicted molar refractivity (Wildman–Crippen MR) is 107 cm³/mol. The summed E-state index contributed by atoms with van der Waals surface area (Å²) in [5, 5.41) is 10.8. The molecule has 0 aliphatic heterocycles. The Hall–Kier alpha value is -3.33. The van der Waals surface area contributed by atoms with E-state index in [4.69, 9.17) is 9.15 Å². The minimum absolute atomic E-state index is 0.0964. The molecule has 150 valence electrons. The first-order chi connectivity index (χ1) is 14.0. The SMILES string of the molecule is COC(=O)c1ccc(NC(=O)CSc2nnc(COc3cccc(C)c3)o2)cc1. The lowest BCUT2D eigenvalue weighted by Gasteiger charge is -2.05. The fourth-order valence-corrected chi connectivity index (χ4v) is 2.92. The van der Waals surface area contributed by atoms with Crippen LogP contribution in [0.1, 0.15) is 21.8 Å². The molecule has 1 aromatic heterocycles. The molecule has 0 bridgehead atoms. The molecular formula is C20H19N3O5S. The van der Waals surface area contributed by atoms with Crippen LogP contribution in [0.5, 0.6) is 5.75 Å². The normalized spacial score (nSPS) is 10.4. The second-order valence-corrected chi connectivity index (χ2v) is 6.90. The fraction of sp³-hybridized carbons (Fsp3) is 0.200. The highest BCUT2D eigenvalue weighted by Gasteiger charge is 2.11. The van der Waals surface area contributed by atoms with Gasteiger partial charge < -0.3 is 19.2 Å². The van der Waals surface area contributed by atoms with E-state index in [-0.39, 0.29) is 23.5 Å². The molecule has 3 rings (SSSR count). The van der Waals surface area contributed by atoms with Crippen LogP contribution in [0.25, 0.3) is 0 Å². The van der Waals surface area contributed by atoms with Gasteiger partial charge in [-0.15, -0.1) is 10.2 Å². The molecule has 1 amide bonds. The summed E-state index contributed by atoms with van der Waals surface area (Å²) >= 11 is 1.12. The summed E-state index contributed by atoms with van der Waals surface area (Å²) in [7, 11) is 1.31. The Morgan fingerprint density at radius 1 is 1.14 bits per heavy atom. The fourth-order valence-electron chi connectivity index (χ4n) is 2.34. The Balaban J connectivity index is 1.45. The van der Waals surface area contributed by atoms with Crippen molar-refractivity contribution >= 4 is 29.3 Å². The zero-order valence-electron chi connectivity index (χ0n) is 15.9. The number of hydrogen-bond donors (Lipinski definition) is 1. The van der Waals surface area contributed by atoms with Crippen molar-refractivity contribution in [1.29, 1.82) is 0 Å². The third kappa shape index (κ3) is 6.08. The number of aryl methyl sites for hydroxylation is 1. The minimum Gasteiger partial charge on any atom is -0.484 e. The van der Waals surface area contributed by atoms with E-state index in [0.29, 0.717) is 17.1 Å². The summed E-state index contributed by atoms with van der Waals surface area (Å²) in [6, 6.07) is 14.0. The number of anilines is 1. The number of hydrogen-bond acceptors (Lipinski definition) is 8. The average Bonchev–Trinajstić information content (AvgIpc) is 3.19. The van der Waals surface area contributed by atoms with Crippen LogP contribution >= 0.6 is 11.8 Å². The van der Waals surface area contributed by atoms with Crippen LogP contribution in [0.4, 0.5) is 5.69 Å². The molecule has 0 atom stereocenters. The Morgan fingerprint density at radius 3 is 2.66 bits per heavy atom. The van der Waals surface area contributed by atoms with Crippen molar-refractivity contribution < 1.29 is 23.5 Å². The number of benzene rings is 2. The van der Waals surface area contributed by atoms with Crippen molar-refractivity contribution in [1.82, 2.24) is 10.2 Å². The number of rotatable bonds is 8. The van der Waals surface area contributed by atoms with Gasteiger partial charge in [-0.25, -0.2) is 4.79 Å². The maximum atomic E-state index is 12.1. The highest BCUT2D eigenvalue weighted by Crippen LogP contribution is 2.19. The van der Waals surface area contributed by atoms with E-state index in [0.717, 1.165) is 23.1 Å². The highest BCUT2D eigenvalue weighted by atomic mass is 32.2. The summed E-state index contributed by atoms with van der Waals surface area (Å²) in [4.78, 5) is 23.5. The van der Waals surface area contributed by atoms with Gasteiger partial charge in [0.25, 0.3) is 11.1 Å². The smallest absolute Gasteiger partial charge is 0.337 e. The first-order valence-corrected chi connectivity index (χ1v) is 9.65. The van der Waals surface area contributed by atoms with Gasteiger partial charge in [0.05, 0.1) is 18.4 Å². The molecule has 0 fully saturated rings. The lowest BCUT2D eigenvalue weighted by molar-refractivity contribution is -0.113. The van der Waals surface area contributed by atoms with E-state index in [9.17, 15) is 9.59 Å². The largest absolute Gasteiger partial charge is 0.484 e. The quantitative estimate of drug-likeness (QED) is 0.442. The molecule has 2 aromatic carbocycles. The highest BCUT2D eigenvalue weighted by molar-refractivity contribution is 7.99. The zero-order valence-corrected chi connectivity index (χ0v) is 16.7.